The molecule has 1 aliphatic heterocycles. The number of hydrazine groups is 1. The van der Waals surface area contributed by atoms with Crippen LogP contribution >= 0.6 is 0 Å². The second-order valence-corrected chi connectivity index (χ2v) is 3.08. The summed E-state index contributed by atoms with van der Waals surface area (Å²) in [5, 5.41) is 8.43. The molecule has 0 amide bonds. The lowest BCUT2D eigenvalue weighted by Gasteiger charge is -1.96. The zero-order chi connectivity index (χ0) is 10.1. The van der Waals surface area contributed by atoms with Crippen LogP contribution in [0.1, 0.15) is 12.8 Å². The smallest absolute Gasteiger partial charge is 0.0945 e. The maximum Gasteiger partial charge on any atom is 0.0945 e. The van der Waals surface area contributed by atoms with Gasteiger partial charge in [-0.1, -0.05) is 0 Å². The van der Waals surface area contributed by atoms with Crippen molar-refractivity contribution in [2.24, 2.45) is 0 Å². The van der Waals surface area contributed by atoms with Crippen LogP contribution in [0.25, 0.3) is 0 Å². The molecule has 2 heterocycles. The molecule has 0 unspecified atom stereocenters. The number of aryl methyl sites for hydroxylation is 1. The van der Waals surface area contributed by atoms with E-state index in [1.165, 1.54) is 6.42 Å². The van der Waals surface area contributed by atoms with Crippen LogP contribution in [0.15, 0.2) is 18.7 Å². The van der Waals surface area contributed by atoms with Crippen molar-refractivity contribution in [2.75, 3.05) is 19.7 Å². The highest BCUT2D eigenvalue weighted by Crippen LogP contribution is 1.87. The number of imidazole rings is 1. The molecule has 0 bridgehead atoms. The third-order valence-corrected chi connectivity index (χ3v) is 1.86. The number of hydrogen-bond acceptors (Lipinski definition) is 4. The van der Waals surface area contributed by atoms with E-state index in [1.54, 1.807) is 12.5 Å². The maximum atomic E-state index is 8.43. The van der Waals surface area contributed by atoms with E-state index in [-0.39, 0.29) is 6.61 Å². The standard InChI is InChI=1S/C6H10N2O.C3H8N2/c9-5-1-3-8-4-2-7-6-8;1-2-4-5-3-1/h2,4,6,9H,1,3,5H2;4-5H,1-3H2. The highest BCUT2D eigenvalue weighted by molar-refractivity contribution is 4.73. The molecule has 1 aromatic rings. The third-order valence-electron chi connectivity index (χ3n) is 1.86. The molecule has 1 fully saturated rings. The van der Waals surface area contributed by atoms with Crippen LogP contribution < -0.4 is 10.9 Å². The SMILES string of the molecule is C1CNNC1.OCCCn1ccnc1. The maximum absolute atomic E-state index is 8.43. The summed E-state index contributed by atoms with van der Waals surface area (Å²) in [4.78, 5) is 3.86. The molecule has 3 N–H and O–H groups in total. The van der Waals surface area contributed by atoms with Crippen LogP contribution in [0, 0.1) is 0 Å². The fourth-order valence-corrected chi connectivity index (χ4v) is 1.11. The molecule has 0 atom stereocenters. The van der Waals surface area contributed by atoms with Gasteiger partial charge in [-0.25, -0.2) is 4.98 Å². The minimum absolute atomic E-state index is 0.248. The van der Waals surface area contributed by atoms with E-state index in [1.807, 2.05) is 10.8 Å². The molecule has 1 saturated heterocycles. The molecule has 0 saturated carbocycles. The molecule has 0 aliphatic carbocycles. The number of rotatable bonds is 3. The van der Waals surface area contributed by atoms with Crippen LogP contribution in [0.2, 0.25) is 0 Å². The van der Waals surface area contributed by atoms with Crippen molar-refractivity contribution in [1.82, 2.24) is 20.4 Å². The summed E-state index contributed by atoms with van der Waals surface area (Å²) in [5.74, 6) is 0. The predicted octanol–water partition coefficient (Wildman–Crippen LogP) is -0.250. The highest BCUT2D eigenvalue weighted by Gasteiger charge is 1.91. The summed E-state index contributed by atoms with van der Waals surface area (Å²) in [6.07, 6.45) is 7.44. The van der Waals surface area contributed by atoms with E-state index >= 15 is 0 Å². The first kappa shape index (κ1) is 11.2. The van der Waals surface area contributed by atoms with Gasteiger partial charge in [-0.15, -0.1) is 0 Å². The molecular formula is C9H18N4O. The van der Waals surface area contributed by atoms with E-state index in [0.717, 1.165) is 26.1 Å². The van der Waals surface area contributed by atoms with Gasteiger partial charge in [0.05, 0.1) is 6.33 Å². The Hall–Kier alpha value is -0.910. The third kappa shape index (κ3) is 4.96. The van der Waals surface area contributed by atoms with E-state index < -0.39 is 0 Å². The summed E-state index contributed by atoms with van der Waals surface area (Å²) >= 11 is 0. The Morgan fingerprint density at radius 1 is 1.36 bits per heavy atom. The molecule has 0 aromatic carbocycles. The lowest BCUT2D eigenvalue weighted by Crippen LogP contribution is -2.21. The molecule has 5 heteroatoms. The quantitative estimate of drug-likeness (QED) is 0.627. The van der Waals surface area contributed by atoms with Gasteiger partial charge in [0.2, 0.25) is 0 Å². The van der Waals surface area contributed by atoms with E-state index in [4.69, 9.17) is 5.11 Å². The Labute approximate surface area is 84.1 Å². The number of aliphatic hydroxyl groups is 1. The van der Waals surface area contributed by atoms with Crippen LogP contribution in [0.3, 0.4) is 0 Å². The monoisotopic (exact) mass is 198 g/mol. The summed E-state index contributed by atoms with van der Waals surface area (Å²) < 4.78 is 1.94. The zero-order valence-corrected chi connectivity index (χ0v) is 8.32. The van der Waals surface area contributed by atoms with Crippen molar-refractivity contribution in [3.8, 4) is 0 Å². The largest absolute Gasteiger partial charge is 0.396 e. The average molecular weight is 198 g/mol. The number of aromatic nitrogens is 2. The van der Waals surface area contributed by atoms with Gasteiger partial charge in [-0.3, -0.25) is 10.9 Å². The Morgan fingerprint density at radius 2 is 2.14 bits per heavy atom. The van der Waals surface area contributed by atoms with Gasteiger partial charge in [0.15, 0.2) is 0 Å². The first-order valence-corrected chi connectivity index (χ1v) is 4.96. The van der Waals surface area contributed by atoms with E-state index in [2.05, 4.69) is 15.8 Å². The molecule has 0 radical (unpaired) electrons. The number of aliphatic hydroxyl groups excluding tert-OH is 1. The average Bonchev–Trinajstić information content (AvgIpc) is 2.90. The Balaban J connectivity index is 0.000000165. The molecule has 14 heavy (non-hydrogen) atoms. The molecule has 1 aromatic heterocycles. The van der Waals surface area contributed by atoms with Crippen LogP contribution in [-0.2, 0) is 6.54 Å². The minimum Gasteiger partial charge on any atom is -0.396 e. The fraction of sp³-hybridized carbons (Fsp3) is 0.667. The summed E-state index contributed by atoms with van der Waals surface area (Å²) in [6, 6.07) is 0. The Kier molecular flexibility index (Phi) is 5.97. The number of nitrogens with one attached hydrogen (secondary N) is 2. The van der Waals surface area contributed by atoms with Crippen molar-refractivity contribution in [3.63, 3.8) is 0 Å². The summed E-state index contributed by atoms with van der Waals surface area (Å²) in [7, 11) is 0. The van der Waals surface area contributed by atoms with Gasteiger partial charge in [-0.05, 0) is 12.8 Å². The van der Waals surface area contributed by atoms with Gasteiger partial charge in [0.1, 0.15) is 0 Å². The van der Waals surface area contributed by atoms with Crippen molar-refractivity contribution < 1.29 is 5.11 Å². The van der Waals surface area contributed by atoms with Crippen LogP contribution in [0.4, 0.5) is 0 Å². The van der Waals surface area contributed by atoms with Gasteiger partial charge < -0.3 is 9.67 Å². The van der Waals surface area contributed by atoms with Crippen molar-refractivity contribution in [1.29, 1.82) is 0 Å². The molecule has 2 rings (SSSR count). The molecule has 1 aliphatic rings. The predicted molar refractivity (Wildman–Crippen MR) is 54.6 cm³/mol. The lowest BCUT2D eigenvalue weighted by atomic mass is 10.4. The summed E-state index contributed by atoms with van der Waals surface area (Å²) in [5.41, 5.74) is 5.94. The first-order chi connectivity index (χ1) is 6.93. The number of hydrogen-bond donors (Lipinski definition) is 3. The van der Waals surface area contributed by atoms with Crippen LogP contribution in [-0.4, -0.2) is 34.4 Å². The van der Waals surface area contributed by atoms with Crippen molar-refractivity contribution in [2.45, 2.75) is 19.4 Å². The van der Waals surface area contributed by atoms with Gasteiger partial charge in [0, 0.05) is 38.6 Å². The van der Waals surface area contributed by atoms with Crippen molar-refractivity contribution >= 4 is 0 Å². The topological polar surface area (TPSA) is 62.1 Å². The summed E-state index contributed by atoms with van der Waals surface area (Å²) in [6.45, 7) is 3.38. The highest BCUT2D eigenvalue weighted by atomic mass is 16.3. The minimum atomic E-state index is 0.248. The van der Waals surface area contributed by atoms with Crippen LogP contribution in [0.5, 0.6) is 0 Å². The lowest BCUT2D eigenvalue weighted by molar-refractivity contribution is 0.280. The second-order valence-electron chi connectivity index (χ2n) is 3.08. The second kappa shape index (κ2) is 7.49. The molecule has 0 spiro atoms. The van der Waals surface area contributed by atoms with Crippen molar-refractivity contribution in [3.05, 3.63) is 18.7 Å². The van der Waals surface area contributed by atoms with Gasteiger partial charge in [0.25, 0.3) is 0 Å². The number of nitrogens with zero attached hydrogens (tertiary/aromatic N) is 2. The Morgan fingerprint density at radius 3 is 2.57 bits per heavy atom. The first-order valence-electron chi connectivity index (χ1n) is 4.96. The van der Waals surface area contributed by atoms with Gasteiger partial charge in [-0.2, -0.15) is 0 Å². The zero-order valence-electron chi connectivity index (χ0n) is 8.32. The molecule has 5 nitrogen and oxygen atoms in total. The normalized spacial score (nSPS) is 14.9. The Bertz CT molecular complexity index is 201. The van der Waals surface area contributed by atoms with E-state index in [9.17, 15) is 0 Å². The molecular weight excluding hydrogens is 180 g/mol. The van der Waals surface area contributed by atoms with E-state index in [0.29, 0.717) is 0 Å². The fourth-order valence-electron chi connectivity index (χ4n) is 1.11. The molecule has 80 valence electrons. The van der Waals surface area contributed by atoms with Gasteiger partial charge >= 0.3 is 0 Å².